The smallest absolute Gasteiger partial charge is 0.334 e. The number of rotatable bonds is 3. The average Bonchev–Trinajstić information content (AvgIpc) is 2.18. The van der Waals surface area contributed by atoms with Crippen LogP contribution in [0.5, 0.6) is 0 Å². The van der Waals surface area contributed by atoms with Crippen molar-refractivity contribution in [3.8, 4) is 0 Å². The maximum atomic E-state index is 11.1. The third kappa shape index (κ3) is 2.83. The molecule has 0 aliphatic carbocycles. The molecule has 5 heteroatoms. The minimum atomic E-state index is -1.08. The first-order valence-electron chi connectivity index (χ1n) is 4.42. The molecular formula is C10H12O5. The van der Waals surface area contributed by atoms with Crippen molar-refractivity contribution in [1.29, 1.82) is 0 Å². The molecule has 0 spiro atoms. The lowest BCUT2D eigenvalue weighted by molar-refractivity contribution is -0.145. The zero-order valence-electron chi connectivity index (χ0n) is 8.47. The van der Waals surface area contributed by atoms with E-state index in [4.69, 9.17) is 14.6 Å². The molecule has 2 unspecified atom stereocenters. The van der Waals surface area contributed by atoms with Crippen LogP contribution < -0.4 is 0 Å². The Hall–Kier alpha value is -1.78. The lowest BCUT2D eigenvalue weighted by Gasteiger charge is -2.26. The molecule has 0 aromatic heterocycles. The first-order chi connectivity index (χ1) is 7.04. The second-order valence-electron chi connectivity index (χ2n) is 3.14. The van der Waals surface area contributed by atoms with E-state index in [9.17, 15) is 9.59 Å². The molecule has 5 nitrogen and oxygen atoms in total. The monoisotopic (exact) mass is 212 g/mol. The lowest BCUT2D eigenvalue weighted by atomic mass is 9.99. The van der Waals surface area contributed by atoms with Crippen molar-refractivity contribution < 1.29 is 24.2 Å². The third-order valence-electron chi connectivity index (χ3n) is 2.12. The van der Waals surface area contributed by atoms with Gasteiger partial charge in [-0.15, -0.1) is 0 Å². The summed E-state index contributed by atoms with van der Waals surface area (Å²) < 4.78 is 9.93. The van der Waals surface area contributed by atoms with E-state index in [-0.39, 0.29) is 5.92 Å². The van der Waals surface area contributed by atoms with E-state index in [1.54, 1.807) is 6.92 Å². The number of aliphatic carboxylic acids is 1. The van der Waals surface area contributed by atoms with Gasteiger partial charge in [0.05, 0.1) is 19.1 Å². The van der Waals surface area contributed by atoms with Crippen molar-refractivity contribution in [2.24, 2.45) is 5.92 Å². The molecule has 0 fully saturated rings. The summed E-state index contributed by atoms with van der Waals surface area (Å²) in [5.74, 6) is -1.29. The van der Waals surface area contributed by atoms with Gasteiger partial charge in [0, 0.05) is 6.08 Å². The highest BCUT2D eigenvalue weighted by Crippen LogP contribution is 2.23. The van der Waals surface area contributed by atoms with E-state index >= 15 is 0 Å². The van der Waals surface area contributed by atoms with Gasteiger partial charge < -0.3 is 14.6 Å². The van der Waals surface area contributed by atoms with Gasteiger partial charge in [0.2, 0.25) is 0 Å². The Balaban J connectivity index is 2.81. The Kier molecular flexibility index (Phi) is 3.49. The number of methoxy groups -OCH3 is 1. The molecule has 1 aliphatic heterocycles. The summed E-state index contributed by atoms with van der Waals surface area (Å²) in [7, 11) is 1.46. The number of carboxylic acids is 1. The summed E-state index contributed by atoms with van der Waals surface area (Å²) in [6, 6.07) is 0. The molecule has 1 aliphatic rings. The summed E-state index contributed by atoms with van der Waals surface area (Å²) in [6.45, 7) is 1.79. The number of carboxylic acid groups (broad SMARTS) is 1. The number of hydrogen-bond donors (Lipinski definition) is 1. The lowest BCUT2D eigenvalue weighted by Crippen LogP contribution is -2.29. The van der Waals surface area contributed by atoms with Gasteiger partial charge in [0.15, 0.2) is 0 Å². The predicted molar refractivity (Wildman–Crippen MR) is 50.9 cm³/mol. The highest BCUT2D eigenvalue weighted by atomic mass is 16.6. The SMILES string of the molecule is COC1=CC(=O)OC(/C=C/C(=O)O)C1C. The standard InChI is InChI=1S/C10H12O5/c1-6-7(3-4-9(11)12)15-10(13)5-8(6)14-2/h3-7H,1-2H3,(H,11,12)/b4-3+. The van der Waals surface area contributed by atoms with E-state index in [0.717, 1.165) is 6.08 Å². The molecule has 0 amide bonds. The van der Waals surface area contributed by atoms with Gasteiger partial charge in [-0.05, 0) is 6.08 Å². The summed E-state index contributed by atoms with van der Waals surface area (Å²) in [5, 5.41) is 8.45. The van der Waals surface area contributed by atoms with Gasteiger partial charge in [-0.2, -0.15) is 0 Å². The number of cyclic esters (lactones) is 1. The van der Waals surface area contributed by atoms with Gasteiger partial charge in [-0.1, -0.05) is 6.92 Å². The van der Waals surface area contributed by atoms with E-state index in [2.05, 4.69) is 0 Å². The van der Waals surface area contributed by atoms with Crippen LogP contribution in [-0.2, 0) is 19.1 Å². The van der Waals surface area contributed by atoms with E-state index in [1.165, 1.54) is 19.3 Å². The molecule has 0 saturated carbocycles. The number of ether oxygens (including phenoxy) is 2. The summed E-state index contributed by atoms with van der Waals surface area (Å²) in [4.78, 5) is 21.4. The molecule has 1 rings (SSSR count). The molecule has 1 heterocycles. The normalized spacial score (nSPS) is 26.0. The predicted octanol–water partition coefficient (Wildman–Crippen LogP) is 0.719. The molecule has 1 N–H and O–H groups in total. The zero-order chi connectivity index (χ0) is 11.4. The fraction of sp³-hybridized carbons (Fsp3) is 0.400. The summed E-state index contributed by atoms with van der Waals surface area (Å²) >= 11 is 0. The Morgan fingerprint density at radius 1 is 1.67 bits per heavy atom. The number of hydrogen-bond acceptors (Lipinski definition) is 4. The van der Waals surface area contributed by atoms with E-state index in [1.807, 2.05) is 0 Å². The van der Waals surface area contributed by atoms with Gasteiger partial charge in [0.1, 0.15) is 11.9 Å². The van der Waals surface area contributed by atoms with Crippen LogP contribution in [0.3, 0.4) is 0 Å². The van der Waals surface area contributed by atoms with E-state index < -0.39 is 18.0 Å². The van der Waals surface area contributed by atoms with Gasteiger partial charge >= 0.3 is 11.9 Å². The van der Waals surface area contributed by atoms with Crippen LogP contribution in [0, 0.1) is 5.92 Å². The number of carbonyl (C=O) groups is 2. The van der Waals surface area contributed by atoms with Crippen molar-refractivity contribution in [1.82, 2.24) is 0 Å². The van der Waals surface area contributed by atoms with Crippen molar-refractivity contribution in [3.05, 3.63) is 24.0 Å². The summed E-state index contributed by atoms with van der Waals surface area (Å²) in [5.41, 5.74) is 0. The Morgan fingerprint density at radius 3 is 2.87 bits per heavy atom. The van der Waals surface area contributed by atoms with Crippen LogP contribution in [0.1, 0.15) is 6.92 Å². The minimum Gasteiger partial charge on any atom is -0.500 e. The van der Waals surface area contributed by atoms with Crippen LogP contribution >= 0.6 is 0 Å². The summed E-state index contributed by atoms with van der Waals surface area (Å²) in [6.07, 6.45) is 2.95. The largest absolute Gasteiger partial charge is 0.500 e. The van der Waals surface area contributed by atoms with Crippen LogP contribution in [-0.4, -0.2) is 30.3 Å². The van der Waals surface area contributed by atoms with Gasteiger partial charge in [-0.3, -0.25) is 0 Å². The fourth-order valence-corrected chi connectivity index (χ4v) is 1.31. The van der Waals surface area contributed by atoms with Crippen molar-refractivity contribution in [2.45, 2.75) is 13.0 Å². The quantitative estimate of drug-likeness (QED) is 0.551. The van der Waals surface area contributed by atoms with Crippen LogP contribution in [0.15, 0.2) is 24.0 Å². The Labute approximate surface area is 87.0 Å². The van der Waals surface area contributed by atoms with Gasteiger partial charge in [0.25, 0.3) is 0 Å². The second kappa shape index (κ2) is 4.63. The van der Waals surface area contributed by atoms with Crippen molar-refractivity contribution in [2.75, 3.05) is 7.11 Å². The molecule has 0 aromatic rings. The van der Waals surface area contributed by atoms with Crippen LogP contribution in [0.2, 0.25) is 0 Å². The minimum absolute atomic E-state index is 0.178. The topological polar surface area (TPSA) is 72.8 Å². The average molecular weight is 212 g/mol. The fourth-order valence-electron chi connectivity index (χ4n) is 1.31. The first-order valence-corrected chi connectivity index (χ1v) is 4.42. The van der Waals surface area contributed by atoms with Gasteiger partial charge in [-0.25, -0.2) is 9.59 Å². The highest BCUT2D eigenvalue weighted by Gasteiger charge is 2.28. The molecule has 0 bridgehead atoms. The molecule has 2 atom stereocenters. The van der Waals surface area contributed by atoms with Crippen LogP contribution in [0.4, 0.5) is 0 Å². The number of esters is 1. The molecule has 0 aromatic carbocycles. The maximum absolute atomic E-state index is 11.1. The highest BCUT2D eigenvalue weighted by molar-refractivity contribution is 5.84. The number of carbonyl (C=O) groups excluding carboxylic acids is 1. The van der Waals surface area contributed by atoms with Crippen molar-refractivity contribution >= 4 is 11.9 Å². The van der Waals surface area contributed by atoms with Crippen LogP contribution in [0.25, 0.3) is 0 Å². The second-order valence-corrected chi connectivity index (χ2v) is 3.14. The Morgan fingerprint density at radius 2 is 2.33 bits per heavy atom. The maximum Gasteiger partial charge on any atom is 0.334 e. The van der Waals surface area contributed by atoms with Crippen molar-refractivity contribution in [3.63, 3.8) is 0 Å². The van der Waals surface area contributed by atoms with E-state index in [0.29, 0.717) is 5.76 Å². The Bertz CT molecular complexity index is 329. The molecule has 82 valence electrons. The third-order valence-corrected chi connectivity index (χ3v) is 2.12. The molecular weight excluding hydrogens is 200 g/mol. The molecule has 0 saturated heterocycles. The first kappa shape index (κ1) is 11.3. The molecule has 15 heavy (non-hydrogen) atoms. The zero-order valence-corrected chi connectivity index (χ0v) is 8.47. The molecule has 0 radical (unpaired) electrons.